The van der Waals surface area contributed by atoms with Gasteiger partial charge in [-0.05, 0) is 54.7 Å². The Balaban J connectivity index is 1.82. The number of hydrogen-bond donors (Lipinski definition) is 1. The van der Waals surface area contributed by atoms with Gasteiger partial charge >= 0.3 is 0 Å². The van der Waals surface area contributed by atoms with Crippen LogP contribution in [-0.4, -0.2) is 18.0 Å². The third-order valence-corrected chi connectivity index (χ3v) is 4.08. The maximum absolute atomic E-state index is 12.5. The number of nitriles is 1. The molecule has 0 fully saturated rings. The fourth-order valence-corrected chi connectivity index (χ4v) is 2.93. The van der Waals surface area contributed by atoms with E-state index in [-0.39, 0.29) is 11.9 Å². The molecule has 0 aliphatic heterocycles. The fraction of sp³-hybridized carbons (Fsp3) is 0.278. The lowest BCUT2D eigenvalue weighted by molar-refractivity contribution is 0.0928. The Morgan fingerprint density at radius 3 is 3.00 bits per heavy atom. The Bertz CT molecular complexity index is 808. The Morgan fingerprint density at radius 1 is 1.43 bits per heavy atom. The molecule has 5 heteroatoms. The summed E-state index contributed by atoms with van der Waals surface area (Å²) in [5.74, 6) is 0.226. The van der Waals surface area contributed by atoms with Crippen molar-refractivity contribution in [3.63, 3.8) is 0 Å². The number of benzene rings is 1. The van der Waals surface area contributed by atoms with E-state index in [1.807, 2.05) is 19.1 Å². The second kappa shape index (κ2) is 6.09. The van der Waals surface area contributed by atoms with E-state index < -0.39 is 0 Å². The van der Waals surface area contributed by atoms with Crippen LogP contribution < -0.4 is 10.1 Å². The molecule has 116 valence electrons. The maximum Gasteiger partial charge on any atom is 0.274 e. The van der Waals surface area contributed by atoms with Crippen molar-refractivity contribution < 1.29 is 9.53 Å². The molecule has 0 radical (unpaired) electrons. The highest BCUT2D eigenvalue weighted by Gasteiger charge is 2.26. The first-order valence-electron chi connectivity index (χ1n) is 7.47. The lowest BCUT2D eigenvalue weighted by Crippen LogP contribution is -2.28. The van der Waals surface area contributed by atoms with Crippen molar-refractivity contribution in [2.24, 2.45) is 0 Å². The van der Waals surface area contributed by atoms with Crippen molar-refractivity contribution in [2.75, 3.05) is 7.11 Å². The van der Waals surface area contributed by atoms with Gasteiger partial charge in [0.1, 0.15) is 5.75 Å². The van der Waals surface area contributed by atoms with Crippen molar-refractivity contribution in [2.45, 2.75) is 25.8 Å². The number of carbonyl (C=O) groups is 1. The number of hydrogen-bond acceptors (Lipinski definition) is 4. The van der Waals surface area contributed by atoms with Crippen LogP contribution in [0.5, 0.6) is 5.75 Å². The zero-order valence-corrected chi connectivity index (χ0v) is 13.1. The first-order valence-corrected chi connectivity index (χ1v) is 7.47. The monoisotopic (exact) mass is 307 g/mol. The Labute approximate surface area is 134 Å². The first kappa shape index (κ1) is 15.0. The van der Waals surface area contributed by atoms with Crippen molar-refractivity contribution in [1.82, 2.24) is 10.3 Å². The lowest BCUT2D eigenvalue weighted by atomic mass is 10.1. The van der Waals surface area contributed by atoms with Crippen LogP contribution in [0, 0.1) is 18.3 Å². The predicted octanol–water partition coefficient (Wildman–Crippen LogP) is 2.69. The maximum atomic E-state index is 12.5. The molecule has 1 aromatic heterocycles. The Hall–Kier alpha value is -2.87. The molecular weight excluding hydrogens is 290 g/mol. The highest BCUT2D eigenvalue weighted by molar-refractivity contribution is 5.95. The second-order valence-corrected chi connectivity index (χ2v) is 5.65. The number of rotatable bonds is 3. The minimum Gasteiger partial charge on any atom is -0.494 e. The number of aryl methyl sites for hydroxylation is 2. The molecule has 2 aromatic rings. The molecule has 0 spiro atoms. The molecule has 0 unspecified atom stereocenters. The third-order valence-electron chi connectivity index (χ3n) is 4.08. The van der Waals surface area contributed by atoms with Gasteiger partial charge in [-0.3, -0.25) is 4.79 Å². The van der Waals surface area contributed by atoms with E-state index in [1.54, 1.807) is 18.3 Å². The average molecular weight is 307 g/mol. The van der Waals surface area contributed by atoms with Gasteiger partial charge in [-0.25, -0.2) is 4.98 Å². The normalized spacial score (nSPS) is 15.6. The molecule has 0 bridgehead atoms. The van der Waals surface area contributed by atoms with E-state index in [2.05, 4.69) is 16.4 Å². The van der Waals surface area contributed by atoms with Gasteiger partial charge in [0, 0.05) is 6.20 Å². The molecule has 1 aromatic carbocycles. The number of aromatic nitrogens is 1. The summed E-state index contributed by atoms with van der Waals surface area (Å²) in [5, 5.41) is 12.0. The van der Waals surface area contributed by atoms with E-state index in [4.69, 9.17) is 10.00 Å². The number of fused-ring (bicyclic) bond motifs is 1. The Morgan fingerprint density at radius 2 is 2.26 bits per heavy atom. The molecule has 1 heterocycles. The van der Waals surface area contributed by atoms with Crippen LogP contribution in [-0.2, 0) is 6.42 Å². The SMILES string of the molecule is COc1cc(C)cnc1C(=O)N[C@@H]1CCc2cc(C#N)ccc21. The minimum absolute atomic E-state index is 0.0574. The molecule has 1 atom stereocenters. The van der Waals surface area contributed by atoms with E-state index in [1.165, 1.54) is 7.11 Å². The lowest BCUT2D eigenvalue weighted by Gasteiger charge is -2.15. The molecule has 1 N–H and O–H groups in total. The first-order chi connectivity index (χ1) is 11.1. The number of ether oxygens (including phenoxy) is 1. The van der Waals surface area contributed by atoms with Gasteiger partial charge in [-0.15, -0.1) is 0 Å². The standard InChI is InChI=1S/C18H17N3O2/c1-11-7-16(23-2)17(20-10-11)18(22)21-15-6-4-13-8-12(9-19)3-5-14(13)15/h3,5,7-8,10,15H,4,6H2,1-2H3,(H,21,22)/t15-/m1/s1. The molecule has 0 saturated heterocycles. The highest BCUT2D eigenvalue weighted by atomic mass is 16.5. The van der Waals surface area contributed by atoms with Crippen LogP contribution in [0.25, 0.3) is 0 Å². The van der Waals surface area contributed by atoms with Gasteiger partial charge < -0.3 is 10.1 Å². The zero-order valence-electron chi connectivity index (χ0n) is 13.1. The summed E-state index contributed by atoms with van der Waals surface area (Å²) in [6.45, 7) is 1.90. The average Bonchev–Trinajstić information content (AvgIpc) is 2.96. The zero-order chi connectivity index (χ0) is 16.4. The largest absolute Gasteiger partial charge is 0.494 e. The van der Waals surface area contributed by atoms with E-state index in [0.717, 1.165) is 29.5 Å². The van der Waals surface area contributed by atoms with E-state index >= 15 is 0 Å². The third kappa shape index (κ3) is 2.88. The number of nitrogens with one attached hydrogen (secondary N) is 1. The number of carbonyl (C=O) groups excluding carboxylic acids is 1. The van der Waals surface area contributed by atoms with Gasteiger partial charge in [0.2, 0.25) is 0 Å². The molecule has 1 aliphatic rings. The van der Waals surface area contributed by atoms with Crippen molar-refractivity contribution in [3.05, 3.63) is 58.4 Å². The Kier molecular flexibility index (Phi) is 3.98. The van der Waals surface area contributed by atoms with Crippen LogP contribution in [0.4, 0.5) is 0 Å². The number of methoxy groups -OCH3 is 1. The van der Waals surface area contributed by atoms with Crippen molar-refractivity contribution >= 4 is 5.91 Å². The summed E-state index contributed by atoms with van der Waals surface area (Å²) in [7, 11) is 1.53. The summed E-state index contributed by atoms with van der Waals surface area (Å²) < 4.78 is 5.25. The molecular formula is C18H17N3O2. The van der Waals surface area contributed by atoms with Crippen LogP contribution in [0.3, 0.4) is 0 Å². The topological polar surface area (TPSA) is 75.0 Å². The van der Waals surface area contributed by atoms with Crippen molar-refractivity contribution in [1.29, 1.82) is 5.26 Å². The number of pyridine rings is 1. The summed E-state index contributed by atoms with van der Waals surface area (Å²) in [6, 6.07) is 9.49. The van der Waals surface area contributed by atoms with E-state index in [0.29, 0.717) is 17.0 Å². The molecule has 3 rings (SSSR count). The van der Waals surface area contributed by atoms with Crippen LogP contribution in [0.2, 0.25) is 0 Å². The van der Waals surface area contributed by atoms with Crippen LogP contribution >= 0.6 is 0 Å². The summed E-state index contributed by atoms with van der Waals surface area (Å²) >= 11 is 0. The van der Waals surface area contributed by atoms with Crippen LogP contribution in [0.1, 0.15) is 45.2 Å². The second-order valence-electron chi connectivity index (χ2n) is 5.65. The molecule has 1 amide bonds. The highest BCUT2D eigenvalue weighted by Crippen LogP contribution is 2.32. The van der Waals surface area contributed by atoms with Gasteiger partial charge in [0.25, 0.3) is 5.91 Å². The quantitative estimate of drug-likeness (QED) is 0.946. The predicted molar refractivity (Wildman–Crippen MR) is 85.2 cm³/mol. The van der Waals surface area contributed by atoms with Gasteiger partial charge in [0.15, 0.2) is 5.69 Å². The fourth-order valence-electron chi connectivity index (χ4n) is 2.93. The summed E-state index contributed by atoms with van der Waals surface area (Å²) in [6.07, 6.45) is 3.33. The molecule has 23 heavy (non-hydrogen) atoms. The number of amides is 1. The van der Waals surface area contributed by atoms with Crippen LogP contribution in [0.15, 0.2) is 30.5 Å². The van der Waals surface area contributed by atoms with Gasteiger partial charge in [-0.2, -0.15) is 5.26 Å². The molecule has 0 saturated carbocycles. The number of nitrogens with zero attached hydrogens (tertiary/aromatic N) is 2. The van der Waals surface area contributed by atoms with Gasteiger partial charge in [0.05, 0.1) is 24.8 Å². The molecule has 1 aliphatic carbocycles. The summed E-state index contributed by atoms with van der Waals surface area (Å²) in [4.78, 5) is 16.7. The minimum atomic E-state index is -0.246. The van der Waals surface area contributed by atoms with Crippen molar-refractivity contribution in [3.8, 4) is 11.8 Å². The van der Waals surface area contributed by atoms with E-state index in [9.17, 15) is 4.79 Å². The summed E-state index contributed by atoms with van der Waals surface area (Å²) in [5.41, 5.74) is 4.08. The van der Waals surface area contributed by atoms with Gasteiger partial charge in [-0.1, -0.05) is 6.07 Å². The smallest absolute Gasteiger partial charge is 0.274 e. The molecule has 5 nitrogen and oxygen atoms in total.